The molecule has 0 aromatic heterocycles. The summed E-state index contributed by atoms with van der Waals surface area (Å²) in [6.07, 6.45) is 2.54. The lowest BCUT2D eigenvalue weighted by molar-refractivity contribution is 0.352. The minimum atomic E-state index is -0.191. The average Bonchev–Trinajstić information content (AvgIpc) is 3.07. The van der Waals surface area contributed by atoms with Crippen molar-refractivity contribution < 1.29 is 4.39 Å². The van der Waals surface area contributed by atoms with Crippen LogP contribution in [0.2, 0.25) is 0 Å². The first-order valence-electron chi connectivity index (χ1n) is 5.85. The number of halogens is 1. The summed E-state index contributed by atoms with van der Waals surface area (Å²) in [7, 11) is 0. The van der Waals surface area contributed by atoms with Crippen LogP contribution in [0.5, 0.6) is 0 Å². The molecule has 0 heterocycles. The lowest BCUT2D eigenvalue weighted by Gasteiger charge is -2.25. The first-order chi connectivity index (χ1) is 7.63. The monoisotopic (exact) mass is 222 g/mol. The van der Waals surface area contributed by atoms with Gasteiger partial charge in [0.25, 0.3) is 0 Å². The minimum absolute atomic E-state index is 0.0585. The van der Waals surface area contributed by atoms with E-state index in [0.717, 1.165) is 17.0 Å². The van der Waals surface area contributed by atoms with Gasteiger partial charge in [0, 0.05) is 6.04 Å². The Morgan fingerprint density at radius 2 is 2.12 bits per heavy atom. The molecule has 3 N–H and O–H groups in total. The quantitative estimate of drug-likeness (QED) is 0.607. The van der Waals surface area contributed by atoms with E-state index in [1.165, 1.54) is 18.9 Å². The van der Waals surface area contributed by atoms with Crippen molar-refractivity contribution in [1.29, 1.82) is 0 Å². The van der Waals surface area contributed by atoms with Gasteiger partial charge in [0.2, 0.25) is 0 Å². The number of hydrogen-bond acceptors (Lipinski definition) is 2. The van der Waals surface area contributed by atoms with E-state index in [0.29, 0.717) is 5.92 Å². The maximum absolute atomic E-state index is 13.3. The maximum Gasteiger partial charge on any atom is 0.123 e. The lowest BCUT2D eigenvalue weighted by atomic mass is 9.89. The standard InChI is InChI=1S/C13H19FN2/c1-8-3-6-11(14)7-12(8)13(16-15)9(2)10-4-5-10/h3,6-7,9-10,13,16H,4-5,15H2,1-2H3. The predicted octanol–water partition coefficient (Wildman–Crippen LogP) is 2.68. The number of rotatable bonds is 4. The van der Waals surface area contributed by atoms with E-state index in [-0.39, 0.29) is 11.9 Å². The number of benzene rings is 1. The Morgan fingerprint density at radius 3 is 2.69 bits per heavy atom. The summed E-state index contributed by atoms with van der Waals surface area (Å²) in [6.45, 7) is 4.19. The summed E-state index contributed by atoms with van der Waals surface area (Å²) >= 11 is 0. The molecule has 2 unspecified atom stereocenters. The van der Waals surface area contributed by atoms with Crippen LogP contribution < -0.4 is 11.3 Å². The van der Waals surface area contributed by atoms with E-state index >= 15 is 0 Å². The van der Waals surface area contributed by atoms with Crippen molar-refractivity contribution in [2.75, 3.05) is 0 Å². The fourth-order valence-corrected chi connectivity index (χ4v) is 2.37. The van der Waals surface area contributed by atoms with Crippen molar-refractivity contribution in [3.8, 4) is 0 Å². The van der Waals surface area contributed by atoms with Crippen LogP contribution in [0.4, 0.5) is 4.39 Å². The van der Waals surface area contributed by atoms with Gasteiger partial charge in [-0.15, -0.1) is 0 Å². The van der Waals surface area contributed by atoms with Gasteiger partial charge in [0.1, 0.15) is 5.82 Å². The van der Waals surface area contributed by atoms with Crippen LogP contribution in [0.25, 0.3) is 0 Å². The Balaban J connectivity index is 2.27. The predicted molar refractivity (Wildman–Crippen MR) is 63.1 cm³/mol. The zero-order chi connectivity index (χ0) is 11.7. The Morgan fingerprint density at radius 1 is 1.44 bits per heavy atom. The average molecular weight is 222 g/mol. The summed E-state index contributed by atoms with van der Waals surface area (Å²) in [6, 6.07) is 4.96. The molecular formula is C13H19FN2. The third-order valence-electron chi connectivity index (χ3n) is 3.65. The van der Waals surface area contributed by atoms with E-state index in [1.807, 2.05) is 13.0 Å². The van der Waals surface area contributed by atoms with Gasteiger partial charge >= 0.3 is 0 Å². The zero-order valence-electron chi connectivity index (χ0n) is 9.83. The summed E-state index contributed by atoms with van der Waals surface area (Å²) in [5.74, 6) is 6.63. The molecular weight excluding hydrogens is 203 g/mol. The van der Waals surface area contributed by atoms with Crippen LogP contribution in [0.15, 0.2) is 18.2 Å². The van der Waals surface area contributed by atoms with E-state index in [1.54, 1.807) is 6.07 Å². The molecule has 0 spiro atoms. The van der Waals surface area contributed by atoms with E-state index in [9.17, 15) is 4.39 Å². The van der Waals surface area contributed by atoms with Crippen LogP contribution in [0.3, 0.4) is 0 Å². The van der Waals surface area contributed by atoms with Crippen LogP contribution in [0, 0.1) is 24.6 Å². The molecule has 1 aliphatic rings. The molecule has 3 heteroatoms. The molecule has 0 saturated heterocycles. The van der Waals surface area contributed by atoms with Crippen molar-refractivity contribution in [2.24, 2.45) is 17.7 Å². The van der Waals surface area contributed by atoms with E-state index in [4.69, 9.17) is 5.84 Å². The first kappa shape index (κ1) is 11.6. The molecule has 88 valence electrons. The van der Waals surface area contributed by atoms with Crippen LogP contribution in [-0.2, 0) is 0 Å². The SMILES string of the molecule is Cc1ccc(F)cc1C(NN)C(C)C1CC1. The molecule has 2 rings (SSSR count). The van der Waals surface area contributed by atoms with Crippen molar-refractivity contribution in [1.82, 2.24) is 5.43 Å². The fourth-order valence-electron chi connectivity index (χ4n) is 2.37. The molecule has 1 aliphatic carbocycles. The molecule has 1 aromatic rings. The largest absolute Gasteiger partial charge is 0.271 e. The van der Waals surface area contributed by atoms with Gasteiger partial charge in [-0.3, -0.25) is 11.3 Å². The molecule has 0 radical (unpaired) electrons. The van der Waals surface area contributed by atoms with Crippen molar-refractivity contribution in [2.45, 2.75) is 32.7 Å². The summed E-state index contributed by atoms with van der Waals surface area (Å²) in [4.78, 5) is 0. The molecule has 0 aliphatic heterocycles. The number of nitrogens with two attached hydrogens (primary N) is 1. The second kappa shape index (κ2) is 4.52. The molecule has 2 atom stereocenters. The number of hydrogen-bond donors (Lipinski definition) is 2. The summed E-state index contributed by atoms with van der Waals surface area (Å²) < 4.78 is 13.3. The van der Waals surface area contributed by atoms with Crippen LogP contribution in [0.1, 0.15) is 36.9 Å². The van der Waals surface area contributed by atoms with Crippen molar-refractivity contribution in [3.63, 3.8) is 0 Å². The molecule has 16 heavy (non-hydrogen) atoms. The Kier molecular flexibility index (Phi) is 3.26. The Bertz CT molecular complexity index is 374. The molecule has 2 nitrogen and oxygen atoms in total. The van der Waals surface area contributed by atoms with Gasteiger partial charge in [-0.05, 0) is 54.9 Å². The second-order valence-electron chi connectivity index (χ2n) is 4.84. The minimum Gasteiger partial charge on any atom is -0.271 e. The van der Waals surface area contributed by atoms with Crippen molar-refractivity contribution >= 4 is 0 Å². The highest BCUT2D eigenvalue weighted by molar-refractivity contribution is 5.30. The first-order valence-corrected chi connectivity index (χ1v) is 5.85. The highest BCUT2D eigenvalue weighted by atomic mass is 19.1. The highest BCUT2D eigenvalue weighted by Gasteiger charge is 2.34. The normalized spacial score (nSPS) is 19.5. The Hall–Kier alpha value is -0.930. The third-order valence-corrected chi connectivity index (χ3v) is 3.65. The van der Waals surface area contributed by atoms with E-state index in [2.05, 4.69) is 12.3 Å². The number of nitrogens with one attached hydrogen (secondary N) is 1. The van der Waals surface area contributed by atoms with Gasteiger partial charge in [0.05, 0.1) is 0 Å². The zero-order valence-corrected chi connectivity index (χ0v) is 9.83. The van der Waals surface area contributed by atoms with Gasteiger partial charge in [0.15, 0.2) is 0 Å². The van der Waals surface area contributed by atoms with Crippen LogP contribution in [-0.4, -0.2) is 0 Å². The maximum atomic E-state index is 13.3. The molecule has 1 fully saturated rings. The molecule has 0 amide bonds. The Labute approximate surface area is 96.0 Å². The van der Waals surface area contributed by atoms with Gasteiger partial charge in [-0.1, -0.05) is 13.0 Å². The number of hydrazine groups is 1. The molecule has 1 aromatic carbocycles. The lowest BCUT2D eigenvalue weighted by Crippen LogP contribution is -2.33. The van der Waals surface area contributed by atoms with E-state index < -0.39 is 0 Å². The third kappa shape index (κ3) is 2.25. The molecule has 1 saturated carbocycles. The number of aryl methyl sites for hydroxylation is 1. The topological polar surface area (TPSA) is 38.0 Å². The second-order valence-corrected chi connectivity index (χ2v) is 4.84. The van der Waals surface area contributed by atoms with Crippen LogP contribution >= 0.6 is 0 Å². The molecule has 0 bridgehead atoms. The van der Waals surface area contributed by atoms with Gasteiger partial charge in [-0.25, -0.2) is 4.39 Å². The van der Waals surface area contributed by atoms with Gasteiger partial charge < -0.3 is 0 Å². The summed E-state index contributed by atoms with van der Waals surface area (Å²) in [5.41, 5.74) is 4.92. The van der Waals surface area contributed by atoms with Gasteiger partial charge in [-0.2, -0.15) is 0 Å². The summed E-state index contributed by atoms with van der Waals surface area (Å²) in [5, 5.41) is 0. The smallest absolute Gasteiger partial charge is 0.123 e. The highest BCUT2D eigenvalue weighted by Crippen LogP contribution is 2.42. The van der Waals surface area contributed by atoms with Crippen molar-refractivity contribution in [3.05, 3.63) is 35.1 Å². The fraction of sp³-hybridized carbons (Fsp3) is 0.538.